The number of benzene rings is 1. The first-order valence-electron chi connectivity index (χ1n) is 5.78. The SMILES string of the molecule is O=C(O)c1csc(CC2COc3ccccc3O2)n1. The van der Waals surface area contributed by atoms with Crippen molar-refractivity contribution >= 4 is 17.3 Å². The number of thiazole rings is 1. The summed E-state index contributed by atoms with van der Waals surface area (Å²) in [4.78, 5) is 14.8. The van der Waals surface area contributed by atoms with Gasteiger partial charge in [0.15, 0.2) is 17.2 Å². The van der Waals surface area contributed by atoms with Crippen LogP contribution in [0.1, 0.15) is 15.5 Å². The molecule has 19 heavy (non-hydrogen) atoms. The summed E-state index contributed by atoms with van der Waals surface area (Å²) in [6.07, 6.45) is 0.412. The highest BCUT2D eigenvalue weighted by molar-refractivity contribution is 7.09. The molecule has 98 valence electrons. The molecule has 0 radical (unpaired) electrons. The molecule has 5 nitrogen and oxygen atoms in total. The zero-order chi connectivity index (χ0) is 13.2. The highest BCUT2D eigenvalue weighted by Gasteiger charge is 2.22. The number of rotatable bonds is 3. The molecule has 0 saturated heterocycles. The average molecular weight is 277 g/mol. The molecule has 1 unspecified atom stereocenters. The van der Waals surface area contributed by atoms with Crippen LogP contribution in [-0.2, 0) is 6.42 Å². The number of hydrogen-bond donors (Lipinski definition) is 1. The summed E-state index contributed by atoms with van der Waals surface area (Å²) in [5.74, 6) is 0.450. The van der Waals surface area contributed by atoms with Crippen LogP contribution in [0.4, 0.5) is 0 Å². The zero-order valence-electron chi connectivity index (χ0n) is 9.91. The number of hydrogen-bond acceptors (Lipinski definition) is 5. The van der Waals surface area contributed by atoms with E-state index in [0.29, 0.717) is 18.8 Å². The number of carbonyl (C=O) groups is 1. The van der Waals surface area contributed by atoms with Gasteiger partial charge in [0.05, 0.1) is 5.01 Å². The van der Waals surface area contributed by atoms with Crippen molar-refractivity contribution in [2.75, 3.05) is 6.61 Å². The van der Waals surface area contributed by atoms with Gasteiger partial charge in [-0.2, -0.15) is 0 Å². The highest BCUT2D eigenvalue weighted by Crippen LogP contribution is 2.31. The molecule has 3 rings (SSSR count). The van der Waals surface area contributed by atoms with E-state index in [1.807, 2.05) is 24.3 Å². The Balaban J connectivity index is 1.70. The predicted molar refractivity (Wildman–Crippen MR) is 69.1 cm³/mol. The molecule has 0 aliphatic carbocycles. The van der Waals surface area contributed by atoms with Crippen molar-refractivity contribution in [1.29, 1.82) is 0 Å². The lowest BCUT2D eigenvalue weighted by molar-refractivity contribution is 0.0690. The fourth-order valence-electron chi connectivity index (χ4n) is 1.86. The van der Waals surface area contributed by atoms with E-state index >= 15 is 0 Å². The summed E-state index contributed by atoms with van der Waals surface area (Å²) in [6.45, 7) is 0.443. The van der Waals surface area contributed by atoms with Gasteiger partial charge in [-0.25, -0.2) is 9.78 Å². The van der Waals surface area contributed by atoms with Crippen molar-refractivity contribution in [2.24, 2.45) is 0 Å². The molecule has 6 heteroatoms. The molecule has 1 N–H and O–H groups in total. The standard InChI is InChI=1S/C13H11NO4S/c15-13(16)9-7-19-12(14-9)5-8-6-17-10-3-1-2-4-11(10)18-8/h1-4,7-8H,5-6H2,(H,15,16). The summed E-state index contributed by atoms with van der Waals surface area (Å²) < 4.78 is 11.4. The second-order valence-electron chi connectivity index (χ2n) is 4.13. The lowest BCUT2D eigenvalue weighted by Crippen LogP contribution is -2.31. The van der Waals surface area contributed by atoms with Gasteiger partial charge in [0.1, 0.15) is 12.7 Å². The van der Waals surface area contributed by atoms with Gasteiger partial charge in [0.2, 0.25) is 0 Å². The summed E-state index contributed by atoms with van der Waals surface area (Å²) in [6, 6.07) is 7.49. The van der Waals surface area contributed by atoms with Gasteiger partial charge in [0, 0.05) is 11.8 Å². The second kappa shape index (κ2) is 4.89. The van der Waals surface area contributed by atoms with E-state index in [1.165, 1.54) is 16.7 Å². The fourth-order valence-corrected chi connectivity index (χ4v) is 2.70. The number of para-hydroxylation sites is 2. The van der Waals surface area contributed by atoms with Crippen molar-refractivity contribution in [3.8, 4) is 11.5 Å². The van der Waals surface area contributed by atoms with Crippen LogP contribution in [0.3, 0.4) is 0 Å². The minimum atomic E-state index is -1.01. The van der Waals surface area contributed by atoms with Gasteiger partial charge in [0.25, 0.3) is 0 Å². The largest absolute Gasteiger partial charge is 0.486 e. The quantitative estimate of drug-likeness (QED) is 0.931. The predicted octanol–water partition coefficient (Wildman–Crippen LogP) is 2.22. The normalized spacial score (nSPS) is 17.2. The van der Waals surface area contributed by atoms with Crippen LogP contribution in [0, 0.1) is 0 Å². The fraction of sp³-hybridized carbons (Fsp3) is 0.231. The van der Waals surface area contributed by atoms with E-state index in [0.717, 1.165) is 10.8 Å². The minimum Gasteiger partial charge on any atom is -0.486 e. The summed E-state index contributed by atoms with van der Waals surface area (Å²) in [5.41, 5.74) is 0.0807. The van der Waals surface area contributed by atoms with E-state index in [4.69, 9.17) is 14.6 Å². The van der Waals surface area contributed by atoms with Crippen LogP contribution in [-0.4, -0.2) is 28.8 Å². The zero-order valence-corrected chi connectivity index (χ0v) is 10.7. The Kier molecular flexibility index (Phi) is 3.08. The van der Waals surface area contributed by atoms with Crippen molar-refractivity contribution in [3.05, 3.63) is 40.3 Å². The summed E-state index contributed by atoms with van der Waals surface area (Å²) in [5, 5.41) is 11.1. The van der Waals surface area contributed by atoms with Crippen molar-refractivity contribution in [2.45, 2.75) is 12.5 Å². The maximum absolute atomic E-state index is 10.8. The first kappa shape index (κ1) is 12.0. The number of fused-ring (bicyclic) bond motifs is 1. The number of aromatic nitrogens is 1. The number of ether oxygens (including phenoxy) is 2. The first-order chi connectivity index (χ1) is 9.22. The lowest BCUT2D eigenvalue weighted by Gasteiger charge is -2.25. The van der Waals surface area contributed by atoms with Crippen LogP contribution in [0.25, 0.3) is 0 Å². The smallest absolute Gasteiger partial charge is 0.355 e. The highest BCUT2D eigenvalue weighted by atomic mass is 32.1. The molecule has 0 spiro atoms. The molecule has 1 aliphatic rings. The molecular formula is C13H11NO4S. The average Bonchev–Trinajstić information content (AvgIpc) is 2.87. The van der Waals surface area contributed by atoms with Gasteiger partial charge < -0.3 is 14.6 Å². The monoisotopic (exact) mass is 277 g/mol. The minimum absolute atomic E-state index is 0.0807. The summed E-state index contributed by atoms with van der Waals surface area (Å²) in [7, 11) is 0. The van der Waals surface area contributed by atoms with Crippen LogP contribution in [0.2, 0.25) is 0 Å². The molecule has 0 fully saturated rings. The maximum atomic E-state index is 10.8. The van der Waals surface area contributed by atoms with Gasteiger partial charge in [-0.05, 0) is 12.1 Å². The van der Waals surface area contributed by atoms with Gasteiger partial charge in [-0.15, -0.1) is 11.3 Å². The molecular weight excluding hydrogens is 266 g/mol. The number of carboxylic acid groups (broad SMARTS) is 1. The Hall–Kier alpha value is -2.08. The second-order valence-corrected chi connectivity index (χ2v) is 5.08. The maximum Gasteiger partial charge on any atom is 0.355 e. The Morgan fingerprint density at radius 3 is 2.95 bits per heavy atom. The molecule has 2 heterocycles. The Morgan fingerprint density at radius 1 is 1.42 bits per heavy atom. The van der Waals surface area contributed by atoms with E-state index in [9.17, 15) is 4.79 Å². The number of aromatic carboxylic acids is 1. The van der Waals surface area contributed by atoms with E-state index in [-0.39, 0.29) is 11.8 Å². The first-order valence-corrected chi connectivity index (χ1v) is 6.66. The lowest BCUT2D eigenvalue weighted by atomic mass is 10.2. The van der Waals surface area contributed by atoms with Gasteiger partial charge in [-0.1, -0.05) is 12.1 Å². The Labute approximate surface area is 113 Å². The summed E-state index contributed by atoms with van der Waals surface area (Å²) >= 11 is 1.33. The topological polar surface area (TPSA) is 68.7 Å². The van der Waals surface area contributed by atoms with Gasteiger partial charge >= 0.3 is 5.97 Å². The van der Waals surface area contributed by atoms with Crippen molar-refractivity contribution < 1.29 is 19.4 Å². The molecule has 0 amide bonds. The third kappa shape index (κ3) is 2.53. The molecule has 1 atom stereocenters. The molecule has 1 aromatic carbocycles. The van der Waals surface area contributed by atoms with Crippen LogP contribution < -0.4 is 9.47 Å². The van der Waals surface area contributed by atoms with Crippen LogP contribution >= 0.6 is 11.3 Å². The molecule has 2 aromatic rings. The van der Waals surface area contributed by atoms with E-state index < -0.39 is 5.97 Å². The number of nitrogens with zero attached hydrogens (tertiary/aromatic N) is 1. The third-order valence-corrected chi connectivity index (χ3v) is 3.61. The van der Waals surface area contributed by atoms with E-state index in [1.54, 1.807) is 0 Å². The molecule has 0 saturated carbocycles. The Bertz CT molecular complexity index is 610. The van der Waals surface area contributed by atoms with E-state index in [2.05, 4.69) is 4.98 Å². The van der Waals surface area contributed by atoms with Gasteiger partial charge in [-0.3, -0.25) is 0 Å². The van der Waals surface area contributed by atoms with Crippen LogP contribution in [0.15, 0.2) is 29.6 Å². The Morgan fingerprint density at radius 2 is 2.21 bits per heavy atom. The third-order valence-electron chi connectivity index (χ3n) is 2.74. The van der Waals surface area contributed by atoms with Crippen molar-refractivity contribution in [1.82, 2.24) is 4.98 Å². The molecule has 1 aliphatic heterocycles. The number of carboxylic acids is 1. The molecule has 1 aromatic heterocycles. The van der Waals surface area contributed by atoms with Crippen LogP contribution in [0.5, 0.6) is 11.5 Å². The van der Waals surface area contributed by atoms with Crippen molar-refractivity contribution in [3.63, 3.8) is 0 Å². The molecule has 0 bridgehead atoms.